The summed E-state index contributed by atoms with van der Waals surface area (Å²) in [7, 11) is 0. The van der Waals surface area contributed by atoms with Gasteiger partial charge in [0.2, 0.25) is 0 Å². The number of hydrogen-bond acceptors (Lipinski definition) is 4. The van der Waals surface area contributed by atoms with E-state index in [2.05, 4.69) is 0 Å². The minimum absolute atomic E-state index is 0.0492. The van der Waals surface area contributed by atoms with Crippen LogP contribution in [0.2, 0.25) is 0 Å². The standard InChI is InChI=1S/C13H18N2O4/c1-3-7-14(8-4-2)12-9-10(13(16)17)5-6-11(12)15(18)19/h5-6,9H,3-4,7-8H2,1-2H3,(H,16,17). The number of nitro benzene ring substituents is 1. The van der Waals surface area contributed by atoms with Crippen LogP contribution in [0.5, 0.6) is 0 Å². The van der Waals surface area contributed by atoms with E-state index in [0.29, 0.717) is 18.8 Å². The van der Waals surface area contributed by atoms with Crippen molar-refractivity contribution in [2.45, 2.75) is 26.7 Å². The Morgan fingerprint density at radius 2 is 1.89 bits per heavy atom. The normalized spacial score (nSPS) is 10.2. The van der Waals surface area contributed by atoms with Gasteiger partial charge in [0, 0.05) is 19.2 Å². The summed E-state index contributed by atoms with van der Waals surface area (Å²) in [5.74, 6) is -1.08. The molecule has 1 aromatic rings. The second-order valence-corrected chi connectivity index (χ2v) is 4.25. The molecule has 0 radical (unpaired) electrons. The number of benzene rings is 1. The Balaban J connectivity index is 3.28. The molecular weight excluding hydrogens is 248 g/mol. The molecule has 0 spiro atoms. The molecule has 0 aromatic heterocycles. The summed E-state index contributed by atoms with van der Waals surface area (Å²) in [4.78, 5) is 23.4. The average molecular weight is 266 g/mol. The molecule has 6 heteroatoms. The minimum atomic E-state index is -1.08. The van der Waals surface area contributed by atoms with E-state index in [1.165, 1.54) is 18.2 Å². The van der Waals surface area contributed by atoms with Crippen LogP contribution < -0.4 is 4.90 Å². The molecule has 104 valence electrons. The van der Waals surface area contributed by atoms with Crippen LogP contribution in [0, 0.1) is 10.1 Å². The van der Waals surface area contributed by atoms with Crippen LogP contribution in [0.3, 0.4) is 0 Å². The summed E-state index contributed by atoms with van der Waals surface area (Å²) in [6.45, 7) is 5.29. The van der Waals surface area contributed by atoms with Gasteiger partial charge in [0.15, 0.2) is 0 Å². The molecule has 0 bridgehead atoms. The van der Waals surface area contributed by atoms with E-state index in [0.717, 1.165) is 12.8 Å². The van der Waals surface area contributed by atoms with Crippen LogP contribution in [0.25, 0.3) is 0 Å². The van der Waals surface area contributed by atoms with Gasteiger partial charge in [-0.05, 0) is 25.0 Å². The lowest BCUT2D eigenvalue weighted by atomic mass is 10.1. The van der Waals surface area contributed by atoms with Gasteiger partial charge in [0.25, 0.3) is 5.69 Å². The topological polar surface area (TPSA) is 83.7 Å². The van der Waals surface area contributed by atoms with E-state index >= 15 is 0 Å². The first-order valence-electron chi connectivity index (χ1n) is 6.27. The lowest BCUT2D eigenvalue weighted by Crippen LogP contribution is -2.26. The van der Waals surface area contributed by atoms with Gasteiger partial charge in [-0.3, -0.25) is 10.1 Å². The van der Waals surface area contributed by atoms with Crippen molar-refractivity contribution < 1.29 is 14.8 Å². The Hall–Kier alpha value is -2.11. The van der Waals surface area contributed by atoms with Gasteiger partial charge in [-0.25, -0.2) is 4.79 Å². The third-order valence-corrected chi connectivity index (χ3v) is 2.75. The fraction of sp³-hybridized carbons (Fsp3) is 0.462. The fourth-order valence-corrected chi connectivity index (χ4v) is 1.96. The summed E-state index contributed by atoms with van der Waals surface area (Å²) in [5.41, 5.74) is 0.401. The van der Waals surface area contributed by atoms with Crippen LogP contribution >= 0.6 is 0 Å². The number of aromatic carboxylic acids is 1. The Morgan fingerprint density at radius 3 is 2.32 bits per heavy atom. The SMILES string of the molecule is CCCN(CCC)c1cc(C(=O)O)ccc1[N+](=O)[O-]. The van der Waals surface area contributed by atoms with Crippen molar-refractivity contribution in [1.82, 2.24) is 0 Å². The Labute approximate surface area is 111 Å². The van der Waals surface area contributed by atoms with Gasteiger partial charge in [-0.15, -0.1) is 0 Å². The first-order valence-corrected chi connectivity index (χ1v) is 6.27. The number of carboxylic acid groups (broad SMARTS) is 1. The number of hydrogen-bond donors (Lipinski definition) is 1. The highest BCUT2D eigenvalue weighted by Crippen LogP contribution is 2.29. The molecular formula is C13H18N2O4. The summed E-state index contributed by atoms with van der Waals surface area (Å²) >= 11 is 0. The predicted molar refractivity (Wildman–Crippen MR) is 72.9 cm³/mol. The zero-order chi connectivity index (χ0) is 14.4. The van der Waals surface area contributed by atoms with Crippen LogP contribution in [0.4, 0.5) is 11.4 Å². The van der Waals surface area contributed by atoms with Gasteiger partial charge in [0.1, 0.15) is 5.69 Å². The maximum Gasteiger partial charge on any atom is 0.335 e. The quantitative estimate of drug-likeness (QED) is 0.606. The van der Waals surface area contributed by atoms with Crippen molar-refractivity contribution in [2.24, 2.45) is 0 Å². The smallest absolute Gasteiger partial charge is 0.335 e. The van der Waals surface area contributed by atoms with Crippen LogP contribution in [-0.4, -0.2) is 29.1 Å². The average Bonchev–Trinajstić information content (AvgIpc) is 2.37. The second-order valence-electron chi connectivity index (χ2n) is 4.25. The molecule has 0 saturated carbocycles. The predicted octanol–water partition coefficient (Wildman–Crippen LogP) is 2.92. The van der Waals surface area contributed by atoms with Crippen LogP contribution in [-0.2, 0) is 0 Å². The highest BCUT2D eigenvalue weighted by Gasteiger charge is 2.20. The van der Waals surface area contributed by atoms with Gasteiger partial charge in [0.05, 0.1) is 10.5 Å². The first-order chi connectivity index (χ1) is 9.01. The summed E-state index contributed by atoms with van der Waals surface area (Å²) < 4.78 is 0. The molecule has 0 atom stereocenters. The molecule has 6 nitrogen and oxygen atoms in total. The molecule has 0 amide bonds. The number of nitro groups is 1. The summed E-state index contributed by atoms with van der Waals surface area (Å²) in [6.07, 6.45) is 1.68. The minimum Gasteiger partial charge on any atom is -0.478 e. The zero-order valence-corrected chi connectivity index (χ0v) is 11.1. The second kappa shape index (κ2) is 6.72. The van der Waals surface area contributed by atoms with E-state index in [1.54, 1.807) is 0 Å². The van der Waals surface area contributed by atoms with Crippen molar-refractivity contribution in [3.05, 3.63) is 33.9 Å². The van der Waals surface area contributed by atoms with Crippen LogP contribution in [0.1, 0.15) is 37.0 Å². The molecule has 1 rings (SSSR count). The molecule has 0 aliphatic heterocycles. The summed E-state index contributed by atoms with van der Waals surface area (Å²) in [5, 5.41) is 20.0. The van der Waals surface area contributed by atoms with Crippen molar-refractivity contribution >= 4 is 17.3 Å². The lowest BCUT2D eigenvalue weighted by molar-refractivity contribution is -0.384. The number of nitrogens with zero attached hydrogens (tertiary/aromatic N) is 2. The van der Waals surface area contributed by atoms with Crippen LogP contribution in [0.15, 0.2) is 18.2 Å². The molecule has 0 heterocycles. The molecule has 0 aliphatic carbocycles. The highest BCUT2D eigenvalue weighted by atomic mass is 16.6. The van der Waals surface area contributed by atoms with Gasteiger partial charge in [-0.2, -0.15) is 0 Å². The van der Waals surface area contributed by atoms with Gasteiger partial charge >= 0.3 is 5.97 Å². The molecule has 1 aromatic carbocycles. The largest absolute Gasteiger partial charge is 0.478 e. The van der Waals surface area contributed by atoms with E-state index < -0.39 is 10.9 Å². The first kappa shape index (κ1) is 14.9. The number of carboxylic acids is 1. The lowest BCUT2D eigenvalue weighted by Gasteiger charge is -2.23. The molecule has 1 N–H and O–H groups in total. The Kier molecular flexibility index (Phi) is 5.29. The van der Waals surface area contributed by atoms with Crippen molar-refractivity contribution in [3.8, 4) is 0 Å². The molecule has 0 fully saturated rings. The van der Waals surface area contributed by atoms with E-state index in [1.807, 2.05) is 18.7 Å². The third-order valence-electron chi connectivity index (χ3n) is 2.75. The maximum absolute atomic E-state index is 11.0. The third kappa shape index (κ3) is 3.67. The summed E-state index contributed by atoms with van der Waals surface area (Å²) in [6, 6.07) is 3.91. The molecule has 0 unspecified atom stereocenters. The van der Waals surface area contributed by atoms with Crippen molar-refractivity contribution in [1.29, 1.82) is 0 Å². The monoisotopic (exact) mass is 266 g/mol. The van der Waals surface area contributed by atoms with Gasteiger partial charge < -0.3 is 10.0 Å². The molecule has 0 aliphatic rings. The van der Waals surface area contributed by atoms with E-state index in [4.69, 9.17) is 5.11 Å². The van der Waals surface area contributed by atoms with Gasteiger partial charge in [-0.1, -0.05) is 13.8 Å². The highest BCUT2D eigenvalue weighted by molar-refractivity contribution is 5.90. The van der Waals surface area contributed by atoms with E-state index in [-0.39, 0.29) is 11.3 Å². The number of carbonyl (C=O) groups is 1. The van der Waals surface area contributed by atoms with Crippen molar-refractivity contribution in [2.75, 3.05) is 18.0 Å². The number of rotatable bonds is 7. The molecule has 0 saturated heterocycles. The number of anilines is 1. The Morgan fingerprint density at radius 1 is 1.32 bits per heavy atom. The molecule has 19 heavy (non-hydrogen) atoms. The van der Waals surface area contributed by atoms with E-state index in [9.17, 15) is 14.9 Å². The fourth-order valence-electron chi connectivity index (χ4n) is 1.96. The Bertz CT molecular complexity index is 468. The van der Waals surface area contributed by atoms with Crippen molar-refractivity contribution in [3.63, 3.8) is 0 Å². The maximum atomic E-state index is 11.0. The zero-order valence-electron chi connectivity index (χ0n) is 11.1.